The van der Waals surface area contributed by atoms with Crippen LogP contribution in [0.3, 0.4) is 0 Å². The van der Waals surface area contributed by atoms with Crippen LogP contribution in [-0.4, -0.2) is 21.6 Å². The molecule has 28 heavy (non-hydrogen) atoms. The predicted octanol–water partition coefficient (Wildman–Crippen LogP) is 3.55. The Morgan fingerprint density at radius 2 is 1.79 bits per heavy atom. The molecule has 0 aliphatic rings. The second kappa shape index (κ2) is 7.75. The molecule has 0 fully saturated rings. The van der Waals surface area contributed by atoms with Gasteiger partial charge in [0.2, 0.25) is 5.91 Å². The number of primary amides is 1. The highest BCUT2D eigenvalue weighted by molar-refractivity contribution is 5.93. The quantitative estimate of drug-likeness (QED) is 0.388. The maximum Gasteiger partial charge on any atom is 0.269 e. The molecule has 0 spiro atoms. The molecular formula is C20H19N5O3. The van der Waals surface area contributed by atoms with E-state index in [1.165, 1.54) is 12.1 Å². The van der Waals surface area contributed by atoms with Crippen molar-refractivity contribution >= 4 is 23.5 Å². The molecule has 0 atom stereocenters. The maximum absolute atomic E-state index is 11.2. The highest BCUT2D eigenvalue weighted by Gasteiger charge is 2.10. The maximum atomic E-state index is 11.2. The van der Waals surface area contributed by atoms with Crippen LogP contribution in [0.2, 0.25) is 0 Å². The summed E-state index contributed by atoms with van der Waals surface area (Å²) in [5.74, 6) is -0.461. The lowest BCUT2D eigenvalue weighted by Gasteiger charge is -2.10. The number of benzene rings is 2. The van der Waals surface area contributed by atoms with E-state index in [2.05, 4.69) is 15.1 Å². The molecule has 3 rings (SSSR count). The summed E-state index contributed by atoms with van der Waals surface area (Å²) < 4.78 is 2.05. The van der Waals surface area contributed by atoms with Crippen molar-refractivity contribution in [2.24, 2.45) is 10.8 Å². The van der Waals surface area contributed by atoms with E-state index >= 15 is 0 Å². The number of hydrogen-bond donors (Lipinski definition) is 2. The third-order valence-corrected chi connectivity index (χ3v) is 4.36. The lowest BCUT2D eigenvalue weighted by Crippen LogP contribution is -2.10. The van der Waals surface area contributed by atoms with Crippen molar-refractivity contribution in [1.29, 1.82) is 0 Å². The number of carbonyl (C=O) groups excluding carboxylic acids is 1. The number of nitro benzene ring substituents is 1. The van der Waals surface area contributed by atoms with E-state index in [9.17, 15) is 14.9 Å². The van der Waals surface area contributed by atoms with Gasteiger partial charge in [0.25, 0.3) is 5.69 Å². The SMILES string of the molecule is Cc1cc(/C=N/Nc2ccc([N+](=O)[O-])cc2)c(C)n1-c1ccc(C(N)=O)cc1. The van der Waals surface area contributed by atoms with Crippen LogP contribution in [0.15, 0.2) is 59.7 Å². The minimum atomic E-state index is -0.461. The monoisotopic (exact) mass is 377 g/mol. The number of aryl methyl sites for hydroxylation is 1. The molecule has 0 unspecified atom stereocenters. The number of nitro groups is 1. The van der Waals surface area contributed by atoms with Crippen LogP contribution in [0.1, 0.15) is 27.3 Å². The molecule has 3 N–H and O–H groups in total. The summed E-state index contributed by atoms with van der Waals surface area (Å²) in [6.45, 7) is 3.96. The van der Waals surface area contributed by atoms with Crippen molar-refractivity contribution in [2.45, 2.75) is 13.8 Å². The topological polar surface area (TPSA) is 116 Å². The number of nitrogens with one attached hydrogen (secondary N) is 1. The molecule has 2 aromatic carbocycles. The molecule has 1 aromatic heterocycles. The molecule has 142 valence electrons. The Morgan fingerprint density at radius 1 is 1.14 bits per heavy atom. The van der Waals surface area contributed by atoms with Crippen molar-refractivity contribution in [3.8, 4) is 5.69 Å². The Balaban J connectivity index is 1.78. The Labute approximate surface area is 161 Å². The number of nitrogens with two attached hydrogens (primary N) is 1. The molecule has 0 aliphatic carbocycles. The van der Waals surface area contributed by atoms with E-state index in [-0.39, 0.29) is 5.69 Å². The zero-order valence-electron chi connectivity index (χ0n) is 15.4. The normalized spacial score (nSPS) is 10.9. The van der Waals surface area contributed by atoms with Gasteiger partial charge in [-0.3, -0.25) is 20.3 Å². The highest BCUT2D eigenvalue weighted by Crippen LogP contribution is 2.20. The fraction of sp³-hybridized carbons (Fsp3) is 0.100. The van der Waals surface area contributed by atoms with E-state index in [1.807, 2.05) is 32.0 Å². The van der Waals surface area contributed by atoms with Gasteiger partial charge in [0, 0.05) is 40.3 Å². The molecule has 0 saturated carbocycles. The van der Waals surface area contributed by atoms with Crippen LogP contribution in [-0.2, 0) is 0 Å². The molecular weight excluding hydrogens is 358 g/mol. The average Bonchev–Trinajstić information content (AvgIpc) is 2.95. The van der Waals surface area contributed by atoms with Gasteiger partial charge in [-0.05, 0) is 56.3 Å². The standard InChI is InChI=1S/C20H19N5O3/c1-13-11-16(12-22-23-17-5-9-19(10-6-17)25(27)28)14(2)24(13)18-7-3-15(4-8-18)20(21)26/h3-12,23H,1-2H3,(H2,21,26)/b22-12+. The molecule has 0 bridgehead atoms. The number of carbonyl (C=O) groups is 1. The molecule has 0 radical (unpaired) electrons. The van der Waals surface area contributed by atoms with E-state index in [4.69, 9.17) is 5.73 Å². The zero-order chi connectivity index (χ0) is 20.3. The fourth-order valence-electron chi connectivity index (χ4n) is 2.92. The van der Waals surface area contributed by atoms with Crippen molar-refractivity contribution in [3.63, 3.8) is 0 Å². The zero-order valence-corrected chi connectivity index (χ0v) is 15.4. The summed E-state index contributed by atoms with van der Waals surface area (Å²) in [6.07, 6.45) is 1.69. The van der Waals surface area contributed by atoms with Crippen molar-refractivity contribution in [1.82, 2.24) is 4.57 Å². The van der Waals surface area contributed by atoms with Crippen LogP contribution >= 0.6 is 0 Å². The Morgan fingerprint density at radius 3 is 2.36 bits per heavy atom. The summed E-state index contributed by atoms with van der Waals surface area (Å²) >= 11 is 0. The molecule has 8 heteroatoms. The van der Waals surface area contributed by atoms with Crippen LogP contribution < -0.4 is 11.2 Å². The number of nitrogens with zero attached hydrogens (tertiary/aromatic N) is 3. The Bertz CT molecular complexity index is 1050. The van der Waals surface area contributed by atoms with Gasteiger partial charge >= 0.3 is 0 Å². The molecule has 3 aromatic rings. The smallest absolute Gasteiger partial charge is 0.269 e. The van der Waals surface area contributed by atoms with E-state index in [1.54, 1.807) is 30.5 Å². The molecule has 1 amide bonds. The third kappa shape index (κ3) is 3.90. The summed E-state index contributed by atoms with van der Waals surface area (Å²) in [6, 6.07) is 15.1. The second-order valence-corrected chi connectivity index (χ2v) is 6.25. The highest BCUT2D eigenvalue weighted by atomic mass is 16.6. The van der Waals surface area contributed by atoms with Gasteiger partial charge in [-0.25, -0.2) is 0 Å². The Kier molecular flexibility index (Phi) is 5.21. The first kappa shape index (κ1) is 18.8. The van der Waals surface area contributed by atoms with Crippen LogP contribution in [0.25, 0.3) is 5.69 Å². The fourth-order valence-corrected chi connectivity index (χ4v) is 2.92. The molecule has 1 heterocycles. The number of amides is 1. The van der Waals surface area contributed by atoms with Crippen molar-refractivity contribution in [2.75, 3.05) is 5.43 Å². The van der Waals surface area contributed by atoms with Gasteiger partial charge < -0.3 is 10.3 Å². The number of aromatic nitrogens is 1. The van der Waals surface area contributed by atoms with Gasteiger partial charge in [-0.2, -0.15) is 5.10 Å². The minimum Gasteiger partial charge on any atom is -0.366 e. The van der Waals surface area contributed by atoms with Gasteiger partial charge in [0.05, 0.1) is 16.8 Å². The second-order valence-electron chi connectivity index (χ2n) is 6.25. The molecule has 0 aliphatic heterocycles. The van der Waals surface area contributed by atoms with E-state index in [0.717, 1.165) is 22.6 Å². The molecule has 0 saturated heterocycles. The number of non-ortho nitro benzene ring substituents is 1. The third-order valence-electron chi connectivity index (χ3n) is 4.36. The van der Waals surface area contributed by atoms with Gasteiger partial charge in [0.15, 0.2) is 0 Å². The average molecular weight is 377 g/mol. The Hall–Kier alpha value is -3.94. The summed E-state index contributed by atoms with van der Waals surface area (Å²) in [5, 5.41) is 14.9. The number of hydrazone groups is 1. The van der Waals surface area contributed by atoms with Crippen molar-refractivity contribution in [3.05, 3.63) is 87.2 Å². The summed E-state index contributed by atoms with van der Waals surface area (Å²) in [4.78, 5) is 21.5. The summed E-state index contributed by atoms with van der Waals surface area (Å²) in [5.41, 5.74) is 13.1. The largest absolute Gasteiger partial charge is 0.366 e. The lowest BCUT2D eigenvalue weighted by molar-refractivity contribution is -0.384. The molecule has 8 nitrogen and oxygen atoms in total. The van der Waals surface area contributed by atoms with E-state index in [0.29, 0.717) is 11.3 Å². The van der Waals surface area contributed by atoms with Gasteiger partial charge in [-0.15, -0.1) is 0 Å². The van der Waals surface area contributed by atoms with Crippen LogP contribution in [0, 0.1) is 24.0 Å². The lowest BCUT2D eigenvalue weighted by atomic mass is 10.2. The first-order chi connectivity index (χ1) is 13.4. The van der Waals surface area contributed by atoms with Gasteiger partial charge in [0.1, 0.15) is 0 Å². The summed E-state index contributed by atoms with van der Waals surface area (Å²) in [7, 11) is 0. The first-order valence-corrected chi connectivity index (χ1v) is 8.49. The van der Waals surface area contributed by atoms with Gasteiger partial charge in [-0.1, -0.05) is 0 Å². The van der Waals surface area contributed by atoms with Crippen molar-refractivity contribution < 1.29 is 9.72 Å². The van der Waals surface area contributed by atoms with E-state index < -0.39 is 10.8 Å². The van der Waals surface area contributed by atoms with Crippen LogP contribution in [0.4, 0.5) is 11.4 Å². The number of anilines is 1. The number of rotatable bonds is 6. The number of hydrogen-bond acceptors (Lipinski definition) is 5. The minimum absolute atomic E-state index is 0.0282. The van der Waals surface area contributed by atoms with Crippen LogP contribution in [0.5, 0.6) is 0 Å². The first-order valence-electron chi connectivity index (χ1n) is 8.49. The predicted molar refractivity (Wildman–Crippen MR) is 108 cm³/mol.